The average molecular weight is 355 g/mol. The fraction of sp³-hybridized carbons (Fsp3) is 0.167. The van der Waals surface area contributed by atoms with Gasteiger partial charge < -0.3 is 10.1 Å². The molecule has 0 fully saturated rings. The maximum atomic E-state index is 12.3. The minimum Gasteiger partial charge on any atom is -0.435 e. The van der Waals surface area contributed by atoms with Gasteiger partial charge in [0.2, 0.25) is 5.95 Å². The first-order valence-corrected chi connectivity index (χ1v) is 7.99. The van der Waals surface area contributed by atoms with Gasteiger partial charge in [0.1, 0.15) is 11.8 Å². The minimum absolute atomic E-state index is 0.109. The molecule has 8 heteroatoms. The molecule has 0 aliphatic carbocycles. The number of nitrogens with zero attached hydrogens (tertiary/aromatic N) is 4. The molecule has 0 spiro atoms. The molecule has 2 heterocycles. The molecule has 1 N–H and O–H groups in total. The summed E-state index contributed by atoms with van der Waals surface area (Å²) in [6.45, 7) is -0.822. The Balaban J connectivity index is 1.70. The molecular formula is C18H15F2N5O. The summed E-state index contributed by atoms with van der Waals surface area (Å²) in [5.74, 6) is 0.623. The van der Waals surface area contributed by atoms with Crippen LogP contribution in [0.4, 0.5) is 14.7 Å². The number of anilines is 1. The number of alkyl halides is 2. The van der Waals surface area contributed by atoms with Crippen molar-refractivity contribution in [2.75, 3.05) is 5.32 Å². The Bertz CT molecular complexity index is 935. The number of hydrogen-bond donors (Lipinski definition) is 1. The monoisotopic (exact) mass is 355 g/mol. The Morgan fingerprint density at radius 2 is 1.81 bits per heavy atom. The van der Waals surface area contributed by atoms with Gasteiger partial charge in [-0.1, -0.05) is 47.1 Å². The van der Waals surface area contributed by atoms with E-state index in [1.165, 1.54) is 17.7 Å². The van der Waals surface area contributed by atoms with Crippen LogP contribution in [0.2, 0.25) is 0 Å². The second kappa shape index (κ2) is 6.55. The third kappa shape index (κ3) is 3.13. The molecule has 26 heavy (non-hydrogen) atoms. The quantitative estimate of drug-likeness (QED) is 0.774. The van der Waals surface area contributed by atoms with Gasteiger partial charge in [-0.05, 0) is 46.7 Å². The minimum atomic E-state index is -2.85. The molecule has 1 aromatic heterocycles. The number of aryl methyl sites for hydroxylation is 1. The molecule has 1 aliphatic heterocycles. The predicted octanol–water partition coefficient (Wildman–Crippen LogP) is 3.64. The first kappa shape index (κ1) is 16.2. The molecule has 1 atom stereocenters. The Hall–Kier alpha value is -3.29. The Morgan fingerprint density at radius 3 is 2.50 bits per heavy atom. The van der Waals surface area contributed by atoms with Crippen LogP contribution in [0.15, 0.2) is 54.6 Å². The highest BCUT2D eigenvalue weighted by atomic mass is 19.3. The topological polar surface area (TPSA) is 64.9 Å². The van der Waals surface area contributed by atoms with Crippen molar-refractivity contribution in [2.45, 2.75) is 19.6 Å². The molecular weight excluding hydrogens is 340 g/mol. The van der Waals surface area contributed by atoms with Crippen molar-refractivity contribution in [3.8, 4) is 5.75 Å². The second-order valence-corrected chi connectivity index (χ2v) is 5.91. The zero-order valence-corrected chi connectivity index (χ0v) is 13.8. The number of hydrogen-bond acceptors (Lipinski definition) is 5. The van der Waals surface area contributed by atoms with E-state index in [2.05, 4.69) is 25.6 Å². The summed E-state index contributed by atoms with van der Waals surface area (Å²) in [6.07, 6.45) is 2.00. The highest BCUT2D eigenvalue weighted by Crippen LogP contribution is 2.32. The Morgan fingerprint density at radius 1 is 1.08 bits per heavy atom. The SMILES string of the molecule is Cc1ccc(C2=C[C@H](c3ccc(OC(F)F)cc3)n3nnnc3N2)cc1. The van der Waals surface area contributed by atoms with Crippen molar-refractivity contribution >= 4 is 11.6 Å². The van der Waals surface area contributed by atoms with Crippen LogP contribution in [-0.2, 0) is 0 Å². The molecule has 0 saturated carbocycles. The summed E-state index contributed by atoms with van der Waals surface area (Å²) >= 11 is 0. The average Bonchev–Trinajstić information content (AvgIpc) is 3.10. The summed E-state index contributed by atoms with van der Waals surface area (Å²) in [6, 6.07) is 14.3. The summed E-state index contributed by atoms with van der Waals surface area (Å²) in [7, 11) is 0. The van der Waals surface area contributed by atoms with Crippen LogP contribution in [0, 0.1) is 6.92 Å². The third-order valence-corrected chi connectivity index (χ3v) is 4.14. The first-order valence-electron chi connectivity index (χ1n) is 7.99. The number of allylic oxidation sites excluding steroid dienone is 1. The molecule has 6 nitrogen and oxygen atoms in total. The Kier molecular flexibility index (Phi) is 4.08. The lowest BCUT2D eigenvalue weighted by atomic mass is 10.0. The predicted molar refractivity (Wildman–Crippen MR) is 91.8 cm³/mol. The number of ether oxygens (including phenoxy) is 1. The summed E-state index contributed by atoms with van der Waals surface area (Å²) in [5, 5.41) is 15.0. The number of halogens is 2. The molecule has 0 unspecified atom stereocenters. The number of tetrazole rings is 1. The van der Waals surface area contributed by atoms with E-state index in [0.717, 1.165) is 16.8 Å². The molecule has 0 bridgehead atoms. The highest BCUT2D eigenvalue weighted by molar-refractivity contribution is 5.77. The van der Waals surface area contributed by atoms with Gasteiger partial charge in [0.25, 0.3) is 0 Å². The molecule has 4 rings (SSSR count). The maximum absolute atomic E-state index is 12.3. The van der Waals surface area contributed by atoms with E-state index in [-0.39, 0.29) is 11.8 Å². The molecule has 2 aromatic carbocycles. The standard InChI is InChI=1S/C18H15F2N5O/c1-11-2-4-12(5-3-11)15-10-16(25-18(21-15)22-23-24-25)13-6-8-14(9-7-13)26-17(19)20/h2-10,16-17H,1H3,(H,21,22,24)/t16-/m1/s1. The smallest absolute Gasteiger partial charge is 0.387 e. The fourth-order valence-electron chi connectivity index (χ4n) is 2.84. The van der Waals surface area contributed by atoms with E-state index >= 15 is 0 Å². The van der Waals surface area contributed by atoms with Crippen LogP contribution in [0.3, 0.4) is 0 Å². The zero-order valence-electron chi connectivity index (χ0n) is 13.8. The molecule has 0 saturated heterocycles. The summed E-state index contributed by atoms with van der Waals surface area (Å²) < 4.78 is 30.7. The van der Waals surface area contributed by atoms with Crippen LogP contribution < -0.4 is 10.1 Å². The highest BCUT2D eigenvalue weighted by Gasteiger charge is 2.24. The van der Waals surface area contributed by atoms with Crippen molar-refractivity contribution in [2.24, 2.45) is 0 Å². The maximum Gasteiger partial charge on any atom is 0.387 e. The molecule has 0 amide bonds. The molecule has 0 radical (unpaired) electrons. The number of nitrogens with one attached hydrogen (secondary N) is 1. The van der Waals surface area contributed by atoms with Crippen molar-refractivity contribution in [1.29, 1.82) is 0 Å². The van der Waals surface area contributed by atoms with Crippen LogP contribution in [0.1, 0.15) is 22.7 Å². The van der Waals surface area contributed by atoms with E-state index in [1.54, 1.807) is 16.8 Å². The van der Waals surface area contributed by atoms with Crippen LogP contribution >= 0.6 is 0 Å². The van der Waals surface area contributed by atoms with Gasteiger partial charge in [-0.3, -0.25) is 0 Å². The number of aromatic nitrogens is 4. The lowest BCUT2D eigenvalue weighted by Crippen LogP contribution is -2.20. The molecule has 1 aliphatic rings. The van der Waals surface area contributed by atoms with E-state index in [9.17, 15) is 8.78 Å². The number of fused-ring (bicyclic) bond motifs is 1. The van der Waals surface area contributed by atoms with Gasteiger partial charge in [-0.2, -0.15) is 13.5 Å². The van der Waals surface area contributed by atoms with Gasteiger partial charge in [-0.15, -0.1) is 0 Å². The van der Waals surface area contributed by atoms with Crippen molar-refractivity contribution in [3.05, 3.63) is 71.3 Å². The molecule has 3 aromatic rings. The lowest BCUT2D eigenvalue weighted by Gasteiger charge is -2.23. The first-order chi connectivity index (χ1) is 12.6. The van der Waals surface area contributed by atoms with E-state index in [1.807, 2.05) is 37.3 Å². The molecule has 132 valence electrons. The second-order valence-electron chi connectivity index (χ2n) is 5.91. The lowest BCUT2D eigenvalue weighted by molar-refractivity contribution is -0.0498. The van der Waals surface area contributed by atoms with Gasteiger partial charge in [0.15, 0.2) is 0 Å². The van der Waals surface area contributed by atoms with Crippen LogP contribution in [0.5, 0.6) is 5.75 Å². The van der Waals surface area contributed by atoms with Crippen LogP contribution in [-0.4, -0.2) is 26.8 Å². The summed E-state index contributed by atoms with van der Waals surface area (Å²) in [4.78, 5) is 0. The van der Waals surface area contributed by atoms with Crippen molar-refractivity contribution in [1.82, 2.24) is 20.2 Å². The third-order valence-electron chi connectivity index (χ3n) is 4.14. The van der Waals surface area contributed by atoms with Gasteiger partial charge in [-0.25, -0.2) is 0 Å². The zero-order chi connectivity index (χ0) is 18.1. The van der Waals surface area contributed by atoms with Crippen LogP contribution in [0.25, 0.3) is 5.70 Å². The largest absolute Gasteiger partial charge is 0.435 e. The van der Waals surface area contributed by atoms with Gasteiger partial charge in [0, 0.05) is 5.70 Å². The van der Waals surface area contributed by atoms with Crippen molar-refractivity contribution < 1.29 is 13.5 Å². The number of benzene rings is 2. The van der Waals surface area contributed by atoms with E-state index in [4.69, 9.17) is 0 Å². The fourth-order valence-corrected chi connectivity index (χ4v) is 2.84. The van der Waals surface area contributed by atoms with Gasteiger partial charge >= 0.3 is 6.61 Å². The summed E-state index contributed by atoms with van der Waals surface area (Å²) in [5.41, 5.74) is 3.91. The van der Waals surface area contributed by atoms with E-state index < -0.39 is 6.61 Å². The van der Waals surface area contributed by atoms with Crippen molar-refractivity contribution in [3.63, 3.8) is 0 Å². The normalized spacial score (nSPS) is 16.0. The Labute approximate surface area is 148 Å². The number of rotatable bonds is 4. The van der Waals surface area contributed by atoms with Gasteiger partial charge in [0.05, 0.1) is 0 Å². The van der Waals surface area contributed by atoms with E-state index in [0.29, 0.717) is 5.95 Å².